The van der Waals surface area contributed by atoms with Crippen molar-refractivity contribution in [2.45, 2.75) is 13.8 Å². The van der Waals surface area contributed by atoms with E-state index in [1.54, 1.807) is 21.0 Å². The predicted molar refractivity (Wildman–Crippen MR) is 83.1 cm³/mol. The third-order valence-electron chi connectivity index (χ3n) is 3.73. The summed E-state index contributed by atoms with van der Waals surface area (Å²) >= 11 is 0. The molecule has 1 aromatic rings. The molecular weight excluding hydrogens is 264 g/mol. The molecule has 1 aromatic carbocycles. The Morgan fingerprint density at radius 1 is 0.952 bits per heavy atom. The van der Waals surface area contributed by atoms with Crippen LogP contribution in [0.1, 0.15) is 11.1 Å². The Bertz CT molecular complexity index is 816. The van der Waals surface area contributed by atoms with Gasteiger partial charge in [-0.05, 0) is 26.0 Å². The highest BCUT2D eigenvalue weighted by Gasteiger charge is 2.21. The van der Waals surface area contributed by atoms with Crippen LogP contribution in [0.5, 0.6) is 5.75 Å². The van der Waals surface area contributed by atoms with Crippen LogP contribution >= 0.6 is 0 Å². The van der Waals surface area contributed by atoms with E-state index in [2.05, 4.69) is 0 Å². The smallest absolute Gasteiger partial charge is 0.191 e. The quantitative estimate of drug-likeness (QED) is 0.711. The summed E-state index contributed by atoms with van der Waals surface area (Å²) in [5.41, 5.74) is 3.00. The van der Waals surface area contributed by atoms with Gasteiger partial charge >= 0.3 is 0 Å². The molecule has 0 saturated heterocycles. The number of fused-ring (bicyclic) bond motifs is 1. The van der Waals surface area contributed by atoms with E-state index in [9.17, 15) is 4.79 Å². The molecule has 3 rings (SSSR count). The molecule has 0 bridgehead atoms. The minimum absolute atomic E-state index is 0.0340. The molecule has 0 aromatic heterocycles. The highest BCUT2D eigenvalue weighted by atomic mass is 16.5. The first-order valence-electron chi connectivity index (χ1n) is 6.80. The first-order chi connectivity index (χ1) is 10.1. The van der Waals surface area contributed by atoms with E-state index in [-0.39, 0.29) is 5.43 Å². The molecule has 106 valence electrons. The van der Waals surface area contributed by atoms with E-state index in [4.69, 9.17) is 9.15 Å². The summed E-state index contributed by atoms with van der Waals surface area (Å²) in [6, 6.07) is 13.7. The molecule has 21 heavy (non-hydrogen) atoms. The van der Waals surface area contributed by atoms with Gasteiger partial charge in [-0.2, -0.15) is 0 Å². The van der Waals surface area contributed by atoms with Crippen molar-refractivity contribution >= 4 is 0 Å². The van der Waals surface area contributed by atoms with Gasteiger partial charge < -0.3 is 9.15 Å². The van der Waals surface area contributed by atoms with Crippen molar-refractivity contribution in [3.8, 4) is 28.4 Å². The van der Waals surface area contributed by atoms with Crippen LogP contribution in [-0.4, -0.2) is 7.11 Å². The molecule has 0 fully saturated rings. The summed E-state index contributed by atoms with van der Waals surface area (Å²) in [6.45, 7) is 3.56. The number of ether oxygens (including phenoxy) is 1. The Hall–Kier alpha value is -2.55. The second kappa shape index (κ2) is 5.09. The Balaban J connectivity index is 2.33. The third kappa shape index (κ3) is 2.11. The van der Waals surface area contributed by atoms with Crippen LogP contribution in [0.2, 0.25) is 0 Å². The maximum absolute atomic E-state index is 12.3. The zero-order valence-corrected chi connectivity index (χ0v) is 12.3. The van der Waals surface area contributed by atoms with Crippen LogP contribution in [0.15, 0.2) is 51.7 Å². The van der Waals surface area contributed by atoms with Crippen molar-refractivity contribution in [1.82, 2.24) is 0 Å². The van der Waals surface area contributed by atoms with Gasteiger partial charge in [-0.1, -0.05) is 30.3 Å². The number of hydrogen-bond acceptors (Lipinski definition) is 3. The zero-order chi connectivity index (χ0) is 15.0. The molecular formula is C18H16O3. The Morgan fingerprint density at radius 3 is 2.33 bits per heavy atom. The van der Waals surface area contributed by atoms with Gasteiger partial charge in [0.25, 0.3) is 0 Å². The van der Waals surface area contributed by atoms with Crippen molar-refractivity contribution in [2.24, 2.45) is 0 Å². The number of methoxy groups -OCH3 is 1. The molecule has 0 N–H and O–H groups in total. The van der Waals surface area contributed by atoms with Gasteiger partial charge in [0, 0.05) is 16.7 Å². The van der Waals surface area contributed by atoms with Crippen molar-refractivity contribution < 1.29 is 9.15 Å². The fraction of sp³-hybridized carbons (Fsp3) is 0.167. The summed E-state index contributed by atoms with van der Waals surface area (Å²) in [7, 11) is 1.57. The molecule has 1 aliphatic carbocycles. The molecule has 1 aliphatic heterocycles. The van der Waals surface area contributed by atoms with Gasteiger partial charge in [0.1, 0.15) is 17.3 Å². The summed E-state index contributed by atoms with van der Waals surface area (Å²) in [5.74, 6) is 1.91. The summed E-state index contributed by atoms with van der Waals surface area (Å²) in [4.78, 5) is 12.3. The van der Waals surface area contributed by atoms with E-state index in [0.29, 0.717) is 22.6 Å². The first-order valence-corrected chi connectivity index (χ1v) is 6.80. The van der Waals surface area contributed by atoms with Crippen molar-refractivity contribution in [1.29, 1.82) is 0 Å². The fourth-order valence-corrected chi connectivity index (χ4v) is 2.60. The number of rotatable bonds is 2. The highest BCUT2D eigenvalue weighted by molar-refractivity contribution is 5.74. The third-order valence-corrected chi connectivity index (χ3v) is 3.73. The Morgan fingerprint density at radius 2 is 1.67 bits per heavy atom. The van der Waals surface area contributed by atoms with Gasteiger partial charge in [0.05, 0.1) is 12.7 Å². The van der Waals surface area contributed by atoms with Crippen molar-refractivity contribution in [3.63, 3.8) is 0 Å². The lowest BCUT2D eigenvalue weighted by Crippen LogP contribution is -2.13. The topological polar surface area (TPSA) is 39.4 Å². The van der Waals surface area contributed by atoms with Crippen LogP contribution in [-0.2, 0) is 0 Å². The predicted octanol–water partition coefficient (Wildman–Crippen LogP) is 4.04. The molecule has 0 unspecified atom stereocenters. The van der Waals surface area contributed by atoms with Gasteiger partial charge in [0.15, 0.2) is 5.43 Å². The lowest BCUT2D eigenvalue weighted by molar-refractivity contribution is 0.410. The molecule has 0 atom stereocenters. The summed E-state index contributed by atoms with van der Waals surface area (Å²) in [6.07, 6.45) is 0. The maximum atomic E-state index is 12.3. The second-order valence-corrected chi connectivity index (χ2v) is 5.02. The van der Waals surface area contributed by atoms with E-state index >= 15 is 0 Å². The Labute approximate surface area is 123 Å². The minimum atomic E-state index is -0.0340. The number of benzene rings is 2. The van der Waals surface area contributed by atoms with Crippen LogP contribution in [0, 0.1) is 13.8 Å². The van der Waals surface area contributed by atoms with E-state index < -0.39 is 0 Å². The van der Waals surface area contributed by atoms with E-state index in [1.165, 1.54) is 0 Å². The highest BCUT2D eigenvalue weighted by Crippen LogP contribution is 2.37. The molecule has 2 aliphatic rings. The van der Waals surface area contributed by atoms with Gasteiger partial charge in [-0.15, -0.1) is 0 Å². The van der Waals surface area contributed by atoms with Crippen molar-refractivity contribution in [3.05, 3.63) is 63.8 Å². The zero-order valence-electron chi connectivity index (χ0n) is 12.3. The second-order valence-electron chi connectivity index (χ2n) is 5.02. The van der Waals surface area contributed by atoms with Crippen LogP contribution in [0.4, 0.5) is 0 Å². The van der Waals surface area contributed by atoms with Crippen molar-refractivity contribution in [2.75, 3.05) is 7.11 Å². The van der Waals surface area contributed by atoms with Gasteiger partial charge in [-0.25, -0.2) is 0 Å². The largest absolute Gasteiger partial charge is 0.496 e. The minimum Gasteiger partial charge on any atom is -0.496 e. The lowest BCUT2D eigenvalue weighted by Gasteiger charge is -2.15. The van der Waals surface area contributed by atoms with Gasteiger partial charge in [0.2, 0.25) is 0 Å². The molecule has 3 heteroatoms. The average Bonchev–Trinajstić information content (AvgIpc) is 2.54. The SMILES string of the molecule is COc1c2ccc(-c3ccccc3)oc-2c(C)c(=O)c1C. The molecule has 3 nitrogen and oxygen atoms in total. The molecule has 0 radical (unpaired) electrons. The lowest BCUT2D eigenvalue weighted by atomic mass is 9.99. The number of hydrogen-bond donors (Lipinski definition) is 0. The van der Waals surface area contributed by atoms with Crippen LogP contribution < -0.4 is 10.2 Å². The van der Waals surface area contributed by atoms with E-state index in [0.717, 1.165) is 16.9 Å². The molecule has 1 heterocycles. The van der Waals surface area contributed by atoms with E-state index in [1.807, 2.05) is 42.5 Å². The average molecular weight is 280 g/mol. The molecule has 0 amide bonds. The van der Waals surface area contributed by atoms with Crippen LogP contribution in [0.25, 0.3) is 22.6 Å². The molecule has 0 saturated carbocycles. The monoisotopic (exact) mass is 280 g/mol. The standard InChI is InChI=1S/C18H16O3/c1-11-16(19)12(2)18-14(17(11)20-3)9-10-15(21-18)13-7-5-4-6-8-13/h4-10H,1-3H3. The maximum Gasteiger partial charge on any atom is 0.191 e. The molecule has 0 spiro atoms. The summed E-state index contributed by atoms with van der Waals surface area (Å²) in [5, 5.41) is 0. The first kappa shape index (κ1) is 13.4. The fourth-order valence-electron chi connectivity index (χ4n) is 2.60. The Kier molecular flexibility index (Phi) is 3.26. The van der Waals surface area contributed by atoms with Gasteiger partial charge in [-0.3, -0.25) is 4.79 Å². The van der Waals surface area contributed by atoms with Crippen LogP contribution in [0.3, 0.4) is 0 Å². The normalized spacial score (nSPS) is 10.8. The summed E-state index contributed by atoms with van der Waals surface area (Å²) < 4.78 is 11.4.